The number of urea groups is 1. The van der Waals surface area contributed by atoms with E-state index in [9.17, 15) is 4.79 Å². The molecule has 1 heterocycles. The standard InChI is InChI=1S/C14H15N3OS/c1-19-13-6-12(8-16-9-13)11-4-2-3-10(5-11)7-17-14(15)18/h2-6,8-9H,7H2,1H3,(H3,15,17,18). The molecule has 2 aromatic rings. The van der Waals surface area contributed by atoms with Gasteiger partial charge in [-0.05, 0) is 29.5 Å². The van der Waals surface area contributed by atoms with Crippen LogP contribution in [0.15, 0.2) is 47.6 Å². The quantitative estimate of drug-likeness (QED) is 0.841. The van der Waals surface area contributed by atoms with Gasteiger partial charge in [0.05, 0.1) is 0 Å². The third-order valence-electron chi connectivity index (χ3n) is 2.68. The first-order chi connectivity index (χ1) is 9.19. The second kappa shape index (κ2) is 6.24. The summed E-state index contributed by atoms with van der Waals surface area (Å²) in [4.78, 5) is 16.1. The molecular formula is C14H15N3OS. The number of rotatable bonds is 4. The van der Waals surface area contributed by atoms with Gasteiger partial charge in [-0.25, -0.2) is 4.79 Å². The Morgan fingerprint density at radius 2 is 2.16 bits per heavy atom. The van der Waals surface area contributed by atoms with Gasteiger partial charge in [-0.15, -0.1) is 11.8 Å². The van der Waals surface area contributed by atoms with Crippen molar-refractivity contribution in [2.45, 2.75) is 11.4 Å². The smallest absolute Gasteiger partial charge is 0.312 e. The van der Waals surface area contributed by atoms with Crippen molar-refractivity contribution in [3.63, 3.8) is 0 Å². The SMILES string of the molecule is CSc1cncc(-c2cccc(CNC(N)=O)c2)c1. The van der Waals surface area contributed by atoms with Crippen molar-refractivity contribution in [1.82, 2.24) is 10.3 Å². The summed E-state index contributed by atoms with van der Waals surface area (Å²) in [6.45, 7) is 0.429. The molecule has 0 spiro atoms. The molecule has 0 saturated heterocycles. The molecule has 0 aliphatic rings. The molecule has 0 saturated carbocycles. The number of pyridine rings is 1. The highest BCUT2D eigenvalue weighted by atomic mass is 32.2. The summed E-state index contributed by atoms with van der Waals surface area (Å²) in [5.41, 5.74) is 8.21. The number of nitrogens with two attached hydrogens (primary N) is 1. The number of hydrogen-bond acceptors (Lipinski definition) is 3. The fraction of sp³-hybridized carbons (Fsp3) is 0.143. The summed E-state index contributed by atoms with van der Waals surface area (Å²) >= 11 is 1.66. The topological polar surface area (TPSA) is 68.0 Å². The van der Waals surface area contributed by atoms with Crippen molar-refractivity contribution in [1.29, 1.82) is 0 Å². The van der Waals surface area contributed by atoms with Crippen molar-refractivity contribution >= 4 is 17.8 Å². The second-order valence-corrected chi connectivity index (χ2v) is 4.91. The van der Waals surface area contributed by atoms with Crippen LogP contribution in [-0.4, -0.2) is 17.3 Å². The third-order valence-corrected chi connectivity index (χ3v) is 3.37. The van der Waals surface area contributed by atoms with Crippen LogP contribution in [0.5, 0.6) is 0 Å². The lowest BCUT2D eigenvalue weighted by atomic mass is 10.0. The highest BCUT2D eigenvalue weighted by Crippen LogP contribution is 2.23. The molecule has 5 heteroatoms. The van der Waals surface area contributed by atoms with Crippen molar-refractivity contribution < 1.29 is 4.79 Å². The number of carbonyl (C=O) groups is 1. The molecule has 0 radical (unpaired) electrons. The van der Waals surface area contributed by atoms with Crippen molar-refractivity contribution in [2.24, 2.45) is 5.73 Å². The summed E-state index contributed by atoms with van der Waals surface area (Å²) in [5.74, 6) is 0. The molecule has 2 amide bonds. The number of nitrogens with zero attached hydrogens (tertiary/aromatic N) is 1. The van der Waals surface area contributed by atoms with Gasteiger partial charge in [0.25, 0.3) is 0 Å². The normalized spacial score (nSPS) is 10.2. The monoisotopic (exact) mass is 273 g/mol. The number of nitrogens with one attached hydrogen (secondary N) is 1. The number of aromatic nitrogens is 1. The molecule has 19 heavy (non-hydrogen) atoms. The molecule has 3 N–H and O–H groups in total. The third kappa shape index (κ3) is 3.72. The summed E-state index contributed by atoms with van der Waals surface area (Å²) in [6, 6.07) is 9.53. The van der Waals surface area contributed by atoms with E-state index in [-0.39, 0.29) is 0 Å². The molecule has 0 aliphatic carbocycles. The molecule has 2 rings (SSSR count). The zero-order chi connectivity index (χ0) is 13.7. The Bertz CT molecular complexity index is 586. The van der Waals surface area contributed by atoms with E-state index in [4.69, 9.17) is 5.73 Å². The van der Waals surface area contributed by atoms with Crippen molar-refractivity contribution in [3.05, 3.63) is 48.3 Å². The minimum atomic E-state index is -0.517. The largest absolute Gasteiger partial charge is 0.352 e. The summed E-state index contributed by atoms with van der Waals surface area (Å²) in [5, 5.41) is 2.58. The first kappa shape index (κ1) is 13.4. The number of thioether (sulfide) groups is 1. The van der Waals surface area contributed by atoms with Gasteiger partial charge in [0, 0.05) is 29.4 Å². The van der Waals surface area contributed by atoms with Crippen LogP contribution in [-0.2, 0) is 6.54 Å². The van der Waals surface area contributed by atoms with Gasteiger partial charge >= 0.3 is 6.03 Å². The number of primary amides is 1. The van der Waals surface area contributed by atoms with Crippen LogP contribution in [0.1, 0.15) is 5.56 Å². The van der Waals surface area contributed by atoms with E-state index < -0.39 is 6.03 Å². The van der Waals surface area contributed by atoms with Gasteiger partial charge in [0.2, 0.25) is 0 Å². The Hall–Kier alpha value is -2.01. The average Bonchev–Trinajstić information content (AvgIpc) is 2.45. The fourth-order valence-corrected chi connectivity index (χ4v) is 2.15. The molecular weight excluding hydrogens is 258 g/mol. The maximum absolute atomic E-state index is 10.7. The molecule has 1 aromatic heterocycles. The molecule has 0 unspecified atom stereocenters. The van der Waals surface area contributed by atoms with Crippen LogP contribution >= 0.6 is 11.8 Å². The highest BCUT2D eigenvalue weighted by Gasteiger charge is 2.02. The molecule has 0 bridgehead atoms. The Balaban J connectivity index is 2.24. The second-order valence-electron chi connectivity index (χ2n) is 4.03. The number of carbonyl (C=O) groups excluding carboxylic acids is 1. The van der Waals surface area contributed by atoms with Gasteiger partial charge in [-0.1, -0.05) is 18.2 Å². The molecule has 0 aliphatic heterocycles. The van der Waals surface area contributed by atoms with Crippen LogP contribution in [0.4, 0.5) is 4.79 Å². The van der Waals surface area contributed by atoms with Gasteiger partial charge < -0.3 is 11.1 Å². The van der Waals surface area contributed by atoms with Gasteiger partial charge in [-0.3, -0.25) is 4.98 Å². The highest BCUT2D eigenvalue weighted by molar-refractivity contribution is 7.98. The van der Waals surface area contributed by atoms with Crippen molar-refractivity contribution in [2.75, 3.05) is 6.26 Å². The van der Waals surface area contributed by atoms with Gasteiger partial charge in [0.1, 0.15) is 0 Å². The summed E-state index contributed by atoms with van der Waals surface area (Å²) in [7, 11) is 0. The van der Waals surface area contributed by atoms with Crippen LogP contribution in [0.3, 0.4) is 0 Å². The molecule has 0 atom stereocenters. The minimum Gasteiger partial charge on any atom is -0.352 e. The number of benzene rings is 1. The first-order valence-corrected chi connectivity index (χ1v) is 7.03. The van der Waals surface area contributed by atoms with E-state index in [2.05, 4.69) is 16.4 Å². The average molecular weight is 273 g/mol. The Morgan fingerprint density at radius 3 is 2.89 bits per heavy atom. The zero-order valence-electron chi connectivity index (χ0n) is 10.6. The lowest BCUT2D eigenvalue weighted by Gasteiger charge is -2.07. The summed E-state index contributed by atoms with van der Waals surface area (Å²) < 4.78 is 0. The molecule has 1 aromatic carbocycles. The minimum absolute atomic E-state index is 0.429. The van der Waals surface area contributed by atoms with E-state index in [0.29, 0.717) is 6.54 Å². The van der Waals surface area contributed by atoms with Crippen LogP contribution in [0, 0.1) is 0 Å². The number of amides is 2. The number of hydrogen-bond donors (Lipinski definition) is 2. The molecule has 98 valence electrons. The van der Waals surface area contributed by atoms with E-state index in [1.165, 1.54) is 0 Å². The summed E-state index contributed by atoms with van der Waals surface area (Å²) in [6.07, 6.45) is 5.70. The van der Waals surface area contributed by atoms with Crippen LogP contribution < -0.4 is 11.1 Å². The lowest BCUT2D eigenvalue weighted by Crippen LogP contribution is -2.28. The lowest BCUT2D eigenvalue weighted by molar-refractivity contribution is 0.248. The van der Waals surface area contributed by atoms with E-state index in [1.807, 2.05) is 42.9 Å². The Kier molecular flexibility index (Phi) is 4.41. The van der Waals surface area contributed by atoms with E-state index >= 15 is 0 Å². The Labute approximate surface area is 116 Å². The van der Waals surface area contributed by atoms with E-state index in [0.717, 1.165) is 21.6 Å². The zero-order valence-corrected chi connectivity index (χ0v) is 11.4. The predicted octanol–water partition coefficient (Wildman–Crippen LogP) is 2.64. The Morgan fingerprint density at radius 1 is 1.32 bits per heavy atom. The van der Waals surface area contributed by atoms with Gasteiger partial charge in [-0.2, -0.15) is 0 Å². The predicted molar refractivity (Wildman–Crippen MR) is 77.9 cm³/mol. The molecule has 0 fully saturated rings. The fourth-order valence-electron chi connectivity index (χ4n) is 1.74. The van der Waals surface area contributed by atoms with Crippen LogP contribution in [0.25, 0.3) is 11.1 Å². The van der Waals surface area contributed by atoms with Gasteiger partial charge in [0.15, 0.2) is 0 Å². The van der Waals surface area contributed by atoms with E-state index in [1.54, 1.807) is 11.8 Å². The van der Waals surface area contributed by atoms with Crippen LogP contribution in [0.2, 0.25) is 0 Å². The maximum Gasteiger partial charge on any atom is 0.312 e. The van der Waals surface area contributed by atoms with Crippen molar-refractivity contribution in [3.8, 4) is 11.1 Å². The molecule has 4 nitrogen and oxygen atoms in total. The maximum atomic E-state index is 10.7. The first-order valence-electron chi connectivity index (χ1n) is 5.80.